The van der Waals surface area contributed by atoms with Gasteiger partial charge < -0.3 is 15.1 Å². The van der Waals surface area contributed by atoms with E-state index in [9.17, 15) is 0 Å². The lowest BCUT2D eigenvalue weighted by Gasteiger charge is -2.21. The van der Waals surface area contributed by atoms with Crippen molar-refractivity contribution in [1.82, 2.24) is 20.5 Å². The highest BCUT2D eigenvalue weighted by Crippen LogP contribution is 2.16. The van der Waals surface area contributed by atoms with Crippen LogP contribution in [0.5, 0.6) is 0 Å². The summed E-state index contributed by atoms with van der Waals surface area (Å²) in [5.41, 5.74) is 1.15. The zero-order valence-electron chi connectivity index (χ0n) is 16.5. The fraction of sp³-hybridized carbons (Fsp3) is 0.524. The highest BCUT2D eigenvalue weighted by atomic mass is 35.5. The van der Waals surface area contributed by atoms with E-state index in [1.54, 1.807) is 6.26 Å². The van der Waals surface area contributed by atoms with Crippen LogP contribution in [0.1, 0.15) is 31.1 Å². The lowest BCUT2D eigenvalue weighted by Crippen LogP contribution is -2.41. The molecule has 3 heterocycles. The van der Waals surface area contributed by atoms with E-state index in [4.69, 9.17) is 21.0 Å². The first kappa shape index (κ1) is 20.7. The molecule has 2 aromatic heterocycles. The van der Waals surface area contributed by atoms with Gasteiger partial charge in [-0.25, -0.2) is 4.98 Å². The molecule has 0 aliphatic carbocycles. The highest BCUT2D eigenvalue weighted by molar-refractivity contribution is 6.29. The number of furan rings is 1. The Bertz CT molecular complexity index is 717. The van der Waals surface area contributed by atoms with E-state index in [1.165, 1.54) is 19.4 Å². The van der Waals surface area contributed by atoms with Gasteiger partial charge in [0.25, 0.3) is 0 Å². The summed E-state index contributed by atoms with van der Waals surface area (Å²) in [5, 5.41) is 7.41. The number of nitrogens with zero attached hydrogens (tertiary/aromatic N) is 3. The number of pyridine rings is 1. The zero-order valence-corrected chi connectivity index (χ0v) is 17.3. The molecule has 2 aromatic rings. The molecule has 6 nitrogen and oxygen atoms in total. The standard InChI is InChI=1S/C21H30ClN5O/c1-2-27-13-3-5-18(27)16-26-21(24-12-10-19-6-4-14-28-19)23-11-9-17-7-8-20(22)25-15-17/h4,6-8,14-15,18H,2-3,5,9-13,16H2,1H3,(H2,23,24,26). The van der Waals surface area contributed by atoms with Gasteiger partial charge in [-0.2, -0.15) is 0 Å². The number of likely N-dealkylation sites (N-methyl/N-ethyl adjacent to an activating group) is 1. The van der Waals surface area contributed by atoms with Crippen LogP contribution in [0.4, 0.5) is 0 Å². The summed E-state index contributed by atoms with van der Waals surface area (Å²) < 4.78 is 5.41. The van der Waals surface area contributed by atoms with Crippen molar-refractivity contribution >= 4 is 17.6 Å². The molecule has 28 heavy (non-hydrogen) atoms. The number of hydrogen-bond acceptors (Lipinski definition) is 4. The number of hydrogen-bond donors (Lipinski definition) is 2. The van der Waals surface area contributed by atoms with Crippen LogP contribution in [0.25, 0.3) is 0 Å². The van der Waals surface area contributed by atoms with Crippen LogP contribution in [0.3, 0.4) is 0 Å². The lowest BCUT2D eigenvalue weighted by molar-refractivity contribution is 0.273. The van der Waals surface area contributed by atoms with E-state index in [2.05, 4.69) is 27.4 Å². The second-order valence-corrected chi connectivity index (χ2v) is 7.42. The van der Waals surface area contributed by atoms with Crippen LogP contribution in [-0.4, -0.2) is 54.6 Å². The second-order valence-electron chi connectivity index (χ2n) is 7.04. The van der Waals surface area contributed by atoms with E-state index >= 15 is 0 Å². The molecule has 152 valence electrons. The molecule has 1 atom stereocenters. The molecule has 0 spiro atoms. The van der Waals surface area contributed by atoms with Gasteiger partial charge in [-0.1, -0.05) is 24.6 Å². The monoisotopic (exact) mass is 403 g/mol. The third-order valence-corrected chi connectivity index (χ3v) is 5.33. The molecule has 7 heteroatoms. The molecule has 1 unspecified atom stereocenters. The minimum Gasteiger partial charge on any atom is -0.469 e. The highest BCUT2D eigenvalue weighted by Gasteiger charge is 2.22. The molecule has 0 radical (unpaired) electrons. The van der Waals surface area contributed by atoms with E-state index in [0.717, 1.165) is 56.3 Å². The Kier molecular flexibility index (Phi) is 8.18. The van der Waals surface area contributed by atoms with E-state index in [-0.39, 0.29) is 0 Å². The van der Waals surface area contributed by atoms with Crippen LogP contribution in [0.2, 0.25) is 5.15 Å². The number of likely N-dealkylation sites (tertiary alicyclic amines) is 1. The maximum Gasteiger partial charge on any atom is 0.191 e. The Morgan fingerprint density at radius 3 is 2.86 bits per heavy atom. The van der Waals surface area contributed by atoms with Gasteiger partial charge in [-0.3, -0.25) is 9.89 Å². The van der Waals surface area contributed by atoms with Gasteiger partial charge >= 0.3 is 0 Å². The Labute approximate surface area is 172 Å². The van der Waals surface area contributed by atoms with Crippen molar-refractivity contribution in [1.29, 1.82) is 0 Å². The average molecular weight is 404 g/mol. The summed E-state index contributed by atoms with van der Waals surface area (Å²) in [6, 6.07) is 8.30. The number of rotatable bonds is 9. The summed E-state index contributed by atoms with van der Waals surface area (Å²) >= 11 is 5.86. The van der Waals surface area contributed by atoms with Gasteiger partial charge in [0, 0.05) is 31.7 Å². The van der Waals surface area contributed by atoms with Crippen molar-refractivity contribution < 1.29 is 4.42 Å². The predicted molar refractivity (Wildman–Crippen MR) is 114 cm³/mol. The summed E-state index contributed by atoms with van der Waals surface area (Å²) in [7, 11) is 0. The largest absolute Gasteiger partial charge is 0.469 e. The topological polar surface area (TPSA) is 65.7 Å². The van der Waals surface area contributed by atoms with Gasteiger partial charge in [0.15, 0.2) is 5.96 Å². The van der Waals surface area contributed by atoms with Crippen molar-refractivity contribution in [2.75, 3.05) is 32.7 Å². The van der Waals surface area contributed by atoms with Gasteiger partial charge in [-0.05, 0) is 56.1 Å². The van der Waals surface area contributed by atoms with Crippen LogP contribution in [0, 0.1) is 0 Å². The van der Waals surface area contributed by atoms with Crippen LogP contribution in [0.15, 0.2) is 46.1 Å². The first-order chi connectivity index (χ1) is 13.7. The molecule has 1 aliphatic rings. The van der Waals surface area contributed by atoms with E-state index in [1.807, 2.05) is 30.5 Å². The van der Waals surface area contributed by atoms with Gasteiger partial charge in [0.05, 0.1) is 12.8 Å². The van der Waals surface area contributed by atoms with Crippen molar-refractivity contribution in [3.63, 3.8) is 0 Å². The van der Waals surface area contributed by atoms with Gasteiger partial charge in [-0.15, -0.1) is 0 Å². The smallest absolute Gasteiger partial charge is 0.191 e. The SMILES string of the molecule is CCN1CCCC1CN=C(NCCc1ccc(Cl)nc1)NCCc1ccco1. The number of nitrogens with one attached hydrogen (secondary N) is 2. The molecule has 3 rings (SSSR count). The van der Waals surface area contributed by atoms with Crippen molar-refractivity contribution in [2.24, 2.45) is 4.99 Å². The van der Waals surface area contributed by atoms with E-state index < -0.39 is 0 Å². The lowest BCUT2D eigenvalue weighted by atomic mass is 10.2. The van der Waals surface area contributed by atoms with Crippen LogP contribution >= 0.6 is 11.6 Å². The average Bonchev–Trinajstić information content (AvgIpc) is 3.38. The van der Waals surface area contributed by atoms with Crippen molar-refractivity contribution in [3.8, 4) is 0 Å². The normalized spacial score (nSPS) is 17.8. The molecule has 0 aromatic carbocycles. The molecule has 0 bridgehead atoms. The maximum absolute atomic E-state index is 5.86. The van der Waals surface area contributed by atoms with Crippen molar-refractivity contribution in [2.45, 2.75) is 38.6 Å². The third-order valence-electron chi connectivity index (χ3n) is 5.10. The molecular weight excluding hydrogens is 374 g/mol. The first-order valence-electron chi connectivity index (χ1n) is 10.1. The Morgan fingerprint density at radius 2 is 2.14 bits per heavy atom. The third kappa shape index (κ3) is 6.53. The molecular formula is C21H30ClN5O. The van der Waals surface area contributed by atoms with Gasteiger partial charge in [0.2, 0.25) is 0 Å². The molecule has 0 amide bonds. The number of guanidine groups is 1. The summed E-state index contributed by atoms with van der Waals surface area (Å²) in [4.78, 5) is 11.5. The molecule has 1 aliphatic heterocycles. The Hall–Kier alpha value is -2.05. The minimum atomic E-state index is 0.524. The predicted octanol–water partition coefficient (Wildman–Crippen LogP) is 3.13. The van der Waals surface area contributed by atoms with Gasteiger partial charge in [0.1, 0.15) is 10.9 Å². The maximum atomic E-state index is 5.86. The van der Waals surface area contributed by atoms with Crippen LogP contribution in [-0.2, 0) is 12.8 Å². The minimum absolute atomic E-state index is 0.524. The molecule has 1 saturated heterocycles. The number of aliphatic imine (C=N–C) groups is 1. The zero-order chi connectivity index (χ0) is 19.6. The van der Waals surface area contributed by atoms with Crippen LogP contribution < -0.4 is 10.6 Å². The fourth-order valence-corrected chi connectivity index (χ4v) is 3.64. The molecule has 2 N–H and O–H groups in total. The quantitative estimate of drug-likeness (QED) is 0.382. The number of aromatic nitrogens is 1. The first-order valence-corrected chi connectivity index (χ1v) is 10.5. The van der Waals surface area contributed by atoms with Crippen molar-refractivity contribution in [3.05, 3.63) is 53.2 Å². The number of halogens is 1. The fourth-order valence-electron chi connectivity index (χ4n) is 3.53. The second kappa shape index (κ2) is 11.1. The summed E-state index contributed by atoms with van der Waals surface area (Å²) in [6.45, 7) is 6.91. The summed E-state index contributed by atoms with van der Waals surface area (Å²) in [5.74, 6) is 1.84. The summed E-state index contributed by atoms with van der Waals surface area (Å²) in [6.07, 6.45) is 7.73. The Morgan fingerprint density at radius 1 is 1.29 bits per heavy atom. The molecule has 1 fully saturated rings. The Balaban J connectivity index is 1.51. The molecule has 0 saturated carbocycles. The van der Waals surface area contributed by atoms with E-state index in [0.29, 0.717) is 11.2 Å².